The van der Waals surface area contributed by atoms with Crippen molar-refractivity contribution in [3.8, 4) is 6.07 Å². The number of rotatable bonds is 8. The van der Waals surface area contributed by atoms with Gasteiger partial charge in [-0.05, 0) is 48.6 Å². The van der Waals surface area contributed by atoms with E-state index in [-0.39, 0.29) is 0 Å². The lowest BCUT2D eigenvalue weighted by Crippen LogP contribution is -2.39. The second kappa shape index (κ2) is 8.82. The van der Waals surface area contributed by atoms with E-state index in [4.69, 9.17) is 9.79 Å². The van der Waals surface area contributed by atoms with Crippen molar-refractivity contribution in [1.29, 1.82) is 5.26 Å². The largest absolute Gasteiger partial charge is 0.330 e. The van der Waals surface area contributed by atoms with E-state index in [0.717, 1.165) is 0 Å². The topological polar surface area (TPSA) is 39.5 Å². The molecule has 4 nitrogen and oxygen atoms in total. The summed E-state index contributed by atoms with van der Waals surface area (Å²) in [4.78, 5) is 0. The maximum absolute atomic E-state index is 8.63. The van der Waals surface area contributed by atoms with Crippen LogP contribution in [0.4, 0.5) is 0 Å². The first-order chi connectivity index (χ1) is 8.32. The lowest BCUT2D eigenvalue weighted by atomic mass is 10.3. The Kier molecular flexibility index (Phi) is 8.73. The highest BCUT2D eigenvalue weighted by atomic mass is 31.2. The summed E-state index contributed by atoms with van der Waals surface area (Å²) >= 11 is 0. The first kappa shape index (κ1) is 17.8. The molecule has 18 heavy (non-hydrogen) atoms. The van der Waals surface area contributed by atoms with Gasteiger partial charge in [0.2, 0.25) is 0 Å². The summed E-state index contributed by atoms with van der Waals surface area (Å²) in [7, 11) is 1.30. The molecule has 0 radical (unpaired) electrons. The van der Waals surface area contributed by atoms with Gasteiger partial charge in [-0.3, -0.25) is 0 Å². The summed E-state index contributed by atoms with van der Waals surface area (Å²) in [6.07, 6.45) is 0.453. The van der Waals surface area contributed by atoms with Crippen LogP contribution in [0.3, 0.4) is 0 Å². The number of hydrogen-bond acceptors (Lipinski definition) is 4. The van der Waals surface area contributed by atoms with Gasteiger partial charge in [0.05, 0.1) is 19.1 Å². The fourth-order valence-corrected chi connectivity index (χ4v) is 3.76. The van der Waals surface area contributed by atoms with E-state index in [1.165, 1.54) is 0 Å². The van der Waals surface area contributed by atoms with Gasteiger partial charge in [-0.2, -0.15) is 5.26 Å². The predicted molar refractivity (Wildman–Crippen MR) is 78.1 cm³/mol. The van der Waals surface area contributed by atoms with Crippen molar-refractivity contribution < 1.29 is 4.52 Å². The number of nitrogens with zero attached hydrogens (tertiary/aromatic N) is 3. The second-order valence-electron chi connectivity index (χ2n) is 5.23. The van der Waals surface area contributed by atoms with Crippen LogP contribution in [-0.2, 0) is 4.52 Å². The molecule has 0 N–H and O–H groups in total. The minimum Gasteiger partial charge on any atom is -0.330 e. The Balaban J connectivity index is 4.86. The highest BCUT2D eigenvalue weighted by Gasteiger charge is 2.30. The van der Waals surface area contributed by atoms with Gasteiger partial charge in [0.1, 0.15) is 0 Å². The van der Waals surface area contributed by atoms with Crippen molar-refractivity contribution in [1.82, 2.24) is 9.34 Å². The van der Waals surface area contributed by atoms with Gasteiger partial charge in [-0.1, -0.05) is 0 Å². The molecule has 0 saturated heterocycles. The molecule has 0 amide bonds. The van der Waals surface area contributed by atoms with E-state index in [1.54, 1.807) is 0 Å². The van der Waals surface area contributed by atoms with Gasteiger partial charge < -0.3 is 4.52 Å². The molecule has 1 atom stereocenters. The lowest BCUT2D eigenvalue weighted by molar-refractivity contribution is 0.216. The van der Waals surface area contributed by atoms with Crippen molar-refractivity contribution in [3.63, 3.8) is 0 Å². The van der Waals surface area contributed by atoms with Crippen LogP contribution >= 0.6 is 8.45 Å². The van der Waals surface area contributed by atoms with Crippen molar-refractivity contribution >= 4 is 8.45 Å². The van der Waals surface area contributed by atoms with Gasteiger partial charge in [-0.15, -0.1) is 0 Å². The monoisotopic (exact) mass is 273 g/mol. The van der Waals surface area contributed by atoms with Crippen LogP contribution in [0.5, 0.6) is 0 Å². The molecule has 1 unspecified atom stereocenters. The summed E-state index contributed by atoms with van der Waals surface area (Å²) in [5.74, 6) is 0. The molecular weight excluding hydrogens is 245 g/mol. The zero-order valence-corrected chi connectivity index (χ0v) is 13.7. The Morgan fingerprint density at radius 3 is 1.89 bits per heavy atom. The van der Waals surface area contributed by atoms with Gasteiger partial charge in [0.15, 0.2) is 8.45 Å². The predicted octanol–water partition coefficient (Wildman–Crippen LogP) is 3.60. The fourth-order valence-electron chi connectivity index (χ4n) is 1.68. The molecule has 0 aromatic rings. The standard InChI is InChI=1S/C13H28N3OP/c1-11(2)15(7)18(17-10-8-9-14)16(12(3)4)13(5)6/h11-13H,8,10H2,1-7H3. The molecule has 0 aliphatic carbocycles. The molecular formula is C13H28N3OP. The molecule has 0 bridgehead atoms. The third-order valence-corrected chi connectivity index (χ3v) is 5.43. The molecule has 0 fully saturated rings. The van der Waals surface area contributed by atoms with Crippen LogP contribution in [0.25, 0.3) is 0 Å². The molecule has 0 rings (SSSR count). The zero-order valence-electron chi connectivity index (χ0n) is 12.8. The molecule has 106 valence electrons. The van der Waals surface area contributed by atoms with Crippen molar-refractivity contribution in [2.24, 2.45) is 0 Å². The average Bonchev–Trinajstić information content (AvgIpc) is 2.25. The Morgan fingerprint density at radius 1 is 1.06 bits per heavy atom. The minimum absolute atomic E-state index is 0.429. The third-order valence-electron chi connectivity index (χ3n) is 2.69. The number of nitriles is 1. The summed E-state index contributed by atoms with van der Waals surface area (Å²) in [6.45, 7) is 13.6. The van der Waals surface area contributed by atoms with Gasteiger partial charge in [0, 0.05) is 18.1 Å². The van der Waals surface area contributed by atoms with E-state index in [1.807, 2.05) is 0 Å². The van der Waals surface area contributed by atoms with Crippen molar-refractivity contribution in [2.45, 2.75) is 66.1 Å². The molecule has 0 aliphatic rings. The van der Waals surface area contributed by atoms with Gasteiger partial charge in [0.25, 0.3) is 0 Å². The van der Waals surface area contributed by atoms with Crippen LogP contribution in [0.1, 0.15) is 48.0 Å². The quantitative estimate of drug-likeness (QED) is 0.500. The Morgan fingerprint density at radius 2 is 1.56 bits per heavy atom. The van der Waals surface area contributed by atoms with Crippen LogP contribution in [0.2, 0.25) is 0 Å². The SMILES string of the molecule is CC(C)N(C)P(OCCC#N)N(C(C)C)C(C)C. The van der Waals surface area contributed by atoms with E-state index in [9.17, 15) is 0 Å². The van der Waals surface area contributed by atoms with Crippen molar-refractivity contribution in [2.75, 3.05) is 13.7 Å². The molecule has 0 saturated carbocycles. The van der Waals surface area contributed by atoms with Gasteiger partial charge in [-0.25, -0.2) is 9.34 Å². The highest BCUT2D eigenvalue weighted by molar-refractivity contribution is 7.47. The fraction of sp³-hybridized carbons (Fsp3) is 0.923. The smallest absolute Gasteiger partial charge is 0.188 e. The summed E-state index contributed by atoms with van der Waals surface area (Å²) in [5.41, 5.74) is 0. The minimum atomic E-state index is -0.800. The van der Waals surface area contributed by atoms with Crippen LogP contribution < -0.4 is 0 Å². The maximum atomic E-state index is 8.63. The Bertz CT molecular complexity index is 255. The van der Waals surface area contributed by atoms with Crippen molar-refractivity contribution in [3.05, 3.63) is 0 Å². The summed E-state index contributed by atoms with van der Waals surface area (Å²) in [6, 6.07) is 3.43. The van der Waals surface area contributed by atoms with Crippen LogP contribution in [-0.4, -0.2) is 41.1 Å². The average molecular weight is 273 g/mol. The van der Waals surface area contributed by atoms with Crippen LogP contribution in [0, 0.1) is 11.3 Å². The molecule has 0 spiro atoms. The molecule has 0 aromatic heterocycles. The molecule has 0 heterocycles. The Hall–Kier alpha value is -0.200. The number of hydrogen-bond donors (Lipinski definition) is 0. The zero-order chi connectivity index (χ0) is 14.3. The van der Waals surface area contributed by atoms with E-state index >= 15 is 0 Å². The first-order valence-corrected chi connectivity index (χ1v) is 7.80. The van der Waals surface area contributed by atoms with E-state index < -0.39 is 8.45 Å². The first-order valence-electron chi connectivity index (χ1n) is 6.63. The van der Waals surface area contributed by atoms with Gasteiger partial charge >= 0.3 is 0 Å². The molecule has 5 heteroatoms. The Labute approximate surface area is 114 Å². The normalized spacial score (nSPS) is 13.9. The lowest BCUT2D eigenvalue weighted by Gasteiger charge is -2.42. The van der Waals surface area contributed by atoms with E-state index in [0.29, 0.717) is 31.2 Å². The van der Waals surface area contributed by atoms with Crippen LogP contribution in [0.15, 0.2) is 0 Å². The molecule has 0 aromatic carbocycles. The van der Waals surface area contributed by atoms with E-state index in [2.05, 4.69) is 64.0 Å². The highest BCUT2D eigenvalue weighted by Crippen LogP contribution is 2.48. The molecule has 0 aliphatic heterocycles. The summed E-state index contributed by atoms with van der Waals surface area (Å²) in [5, 5.41) is 8.63. The summed E-state index contributed by atoms with van der Waals surface area (Å²) < 4.78 is 10.7. The third kappa shape index (κ3) is 5.63. The maximum Gasteiger partial charge on any atom is 0.188 e. The second-order valence-corrected chi connectivity index (χ2v) is 7.09.